The maximum absolute atomic E-state index is 12.4. The van der Waals surface area contributed by atoms with Gasteiger partial charge in [0.05, 0.1) is 0 Å². The molecule has 0 saturated carbocycles. The van der Waals surface area contributed by atoms with E-state index >= 15 is 0 Å². The third-order valence-electron chi connectivity index (χ3n) is 4.91. The average molecular weight is 392 g/mol. The van der Waals surface area contributed by atoms with Crippen molar-refractivity contribution in [1.82, 2.24) is 10.3 Å². The third kappa shape index (κ3) is 4.90. The molecular formula is C23H24N2O4. The third-order valence-corrected chi connectivity index (χ3v) is 4.91. The summed E-state index contributed by atoms with van der Waals surface area (Å²) in [6.45, 7) is 4.02. The molecule has 0 radical (unpaired) electrons. The highest BCUT2D eigenvalue weighted by atomic mass is 16.5. The van der Waals surface area contributed by atoms with Crippen molar-refractivity contribution in [2.75, 3.05) is 6.54 Å². The van der Waals surface area contributed by atoms with Crippen LogP contribution < -0.4 is 10.9 Å². The molecule has 0 aliphatic heterocycles. The number of benzene rings is 2. The van der Waals surface area contributed by atoms with Crippen molar-refractivity contribution in [3.63, 3.8) is 0 Å². The minimum absolute atomic E-state index is 0.0177. The molecule has 1 amide bonds. The van der Waals surface area contributed by atoms with Crippen molar-refractivity contribution in [1.29, 1.82) is 0 Å². The van der Waals surface area contributed by atoms with E-state index in [0.717, 1.165) is 12.0 Å². The van der Waals surface area contributed by atoms with E-state index in [-0.39, 0.29) is 23.1 Å². The van der Waals surface area contributed by atoms with Gasteiger partial charge < -0.3 is 15.0 Å². The van der Waals surface area contributed by atoms with Crippen LogP contribution in [0.4, 0.5) is 0 Å². The number of aromatic amines is 1. The minimum Gasteiger partial charge on any atom is -0.448 e. The second kappa shape index (κ2) is 9.19. The summed E-state index contributed by atoms with van der Waals surface area (Å²) >= 11 is 0. The van der Waals surface area contributed by atoms with E-state index in [1.165, 1.54) is 6.92 Å². The molecule has 0 fully saturated rings. The predicted octanol–water partition coefficient (Wildman–Crippen LogP) is 3.38. The van der Waals surface area contributed by atoms with Gasteiger partial charge in [0.1, 0.15) is 5.69 Å². The van der Waals surface area contributed by atoms with Crippen LogP contribution >= 0.6 is 0 Å². The topological polar surface area (TPSA) is 88.3 Å². The highest BCUT2D eigenvalue weighted by Crippen LogP contribution is 2.18. The molecule has 0 bridgehead atoms. The summed E-state index contributed by atoms with van der Waals surface area (Å²) < 4.78 is 5.25. The number of carbonyl (C=O) groups excluding carboxylic acids is 2. The summed E-state index contributed by atoms with van der Waals surface area (Å²) in [5.74, 6) is -0.943. The number of esters is 1. The smallest absolute Gasteiger partial charge is 0.355 e. The van der Waals surface area contributed by atoms with Gasteiger partial charge in [0.2, 0.25) is 0 Å². The van der Waals surface area contributed by atoms with Gasteiger partial charge in [-0.2, -0.15) is 0 Å². The Labute approximate surface area is 168 Å². The molecule has 0 aliphatic carbocycles. The molecule has 0 unspecified atom stereocenters. The number of fused-ring (bicyclic) bond motifs is 1. The number of pyridine rings is 1. The van der Waals surface area contributed by atoms with Crippen LogP contribution in [0, 0.1) is 0 Å². The summed E-state index contributed by atoms with van der Waals surface area (Å²) in [7, 11) is 0. The number of aromatic nitrogens is 1. The summed E-state index contributed by atoms with van der Waals surface area (Å²) in [6, 6.07) is 18.4. The van der Waals surface area contributed by atoms with Crippen LogP contribution in [-0.4, -0.2) is 29.5 Å². The second-order valence-electron chi connectivity index (χ2n) is 6.91. The fraction of sp³-hybridized carbons (Fsp3) is 0.261. The van der Waals surface area contributed by atoms with E-state index in [9.17, 15) is 14.4 Å². The monoisotopic (exact) mass is 392 g/mol. The first-order valence-electron chi connectivity index (χ1n) is 9.65. The SMILES string of the molecule is CC[C@@H](CNC(=O)[C@H](C)OC(=O)c1cc2ccccc2c(=O)[nH]1)c1ccccc1. The fourth-order valence-electron chi connectivity index (χ4n) is 3.19. The van der Waals surface area contributed by atoms with Gasteiger partial charge in [0, 0.05) is 17.8 Å². The molecule has 0 spiro atoms. The van der Waals surface area contributed by atoms with Crippen LogP contribution in [0.5, 0.6) is 0 Å². The van der Waals surface area contributed by atoms with Gasteiger partial charge in [-0.15, -0.1) is 0 Å². The Morgan fingerprint density at radius 2 is 1.76 bits per heavy atom. The number of nitrogens with one attached hydrogen (secondary N) is 2. The maximum Gasteiger partial charge on any atom is 0.355 e. The Bertz CT molecular complexity index is 1060. The molecule has 0 aliphatic rings. The Morgan fingerprint density at radius 3 is 2.48 bits per heavy atom. The number of hydrogen-bond acceptors (Lipinski definition) is 4. The van der Waals surface area contributed by atoms with Crippen molar-refractivity contribution < 1.29 is 14.3 Å². The number of hydrogen-bond donors (Lipinski definition) is 2. The molecule has 2 aromatic carbocycles. The van der Waals surface area contributed by atoms with Gasteiger partial charge in [-0.05, 0) is 36.4 Å². The Kier molecular flexibility index (Phi) is 6.44. The summed E-state index contributed by atoms with van der Waals surface area (Å²) in [6.07, 6.45) is -0.109. The zero-order valence-electron chi connectivity index (χ0n) is 16.5. The summed E-state index contributed by atoms with van der Waals surface area (Å²) in [4.78, 5) is 39.4. The molecule has 1 heterocycles. The number of amides is 1. The highest BCUT2D eigenvalue weighted by Gasteiger charge is 2.21. The van der Waals surface area contributed by atoms with Gasteiger partial charge in [-0.3, -0.25) is 9.59 Å². The first-order chi connectivity index (χ1) is 14.0. The summed E-state index contributed by atoms with van der Waals surface area (Å²) in [5.41, 5.74) is 0.790. The molecular weight excluding hydrogens is 368 g/mol. The Hall–Kier alpha value is -3.41. The fourth-order valence-corrected chi connectivity index (χ4v) is 3.19. The lowest BCUT2D eigenvalue weighted by Gasteiger charge is -2.18. The number of H-pyrrole nitrogens is 1. The van der Waals surface area contributed by atoms with E-state index in [2.05, 4.69) is 17.2 Å². The minimum atomic E-state index is -0.981. The van der Waals surface area contributed by atoms with E-state index in [1.54, 1.807) is 30.3 Å². The first-order valence-corrected chi connectivity index (χ1v) is 9.65. The van der Waals surface area contributed by atoms with Crippen molar-refractivity contribution >= 4 is 22.6 Å². The van der Waals surface area contributed by atoms with E-state index < -0.39 is 12.1 Å². The standard InChI is InChI=1S/C23H24N2O4/c1-3-16(17-9-5-4-6-10-17)14-24-21(26)15(2)29-23(28)20-13-18-11-7-8-12-19(18)22(27)25-20/h4-13,15-16H,3,14H2,1-2H3,(H,24,26)(H,25,27)/t15-,16-/m0/s1. The molecule has 6 heteroatoms. The summed E-state index contributed by atoms with van der Waals surface area (Å²) in [5, 5.41) is 3.96. The molecule has 2 N–H and O–H groups in total. The van der Waals surface area contributed by atoms with E-state index in [4.69, 9.17) is 4.74 Å². The van der Waals surface area contributed by atoms with E-state index in [0.29, 0.717) is 17.3 Å². The molecule has 150 valence electrons. The number of ether oxygens (including phenoxy) is 1. The number of carbonyl (C=O) groups is 2. The Balaban J connectivity index is 1.62. The van der Waals surface area contributed by atoms with Crippen LogP contribution in [0.1, 0.15) is 42.2 Å². The lowest BCUT2D eigenvalue weighted by Crippen LogP contribution is -2.38. The van der Waals surface area contributed by atoms with E-state index in [1.807, 2.05) is 30.3 Å². The zero-order chi connectivity index (χ0) is 20.8. The van der Waals surface area contributed by atoms with Gasteiger partial charge >= 0.3 is 5.97 Å². The predicted molar refractivity (Wildman–Crippen MR) is 112 cm³/mol. The lowest BCUT2D eigenvalue weighted by atomic mass is 9.96. The molecule has 3 rings (SSSR count). The largest absolute Gasteiger partial charge is 0.448 e. The lowest BCUT2D eigenvalue weighted by molar-refractivity contribution is -0.129. The Morgan fingerprint density at radius 1 is 1.07 bits per heavy atom. The van der Waals surface area contributed by atoms with Gasteiger partial charge in [-0.1, -0.05) is 55.5 Å². The highest BCUT2D eigenvalue weighted by molar-refractivity contribution is 5.94. The van der Waals surface area contributed by atoms with Gasteiger partial charge in [0.25, 0.3) is 11.5 Å². The van der Waals surface area contributed by atoms with Crippen LogP contribution in [0.3, 0.4) is 0 Å². The molecule has 6 nitrogen and oxygen atoms in total. The molecule has 3 aromatic rings. The first kappa shape index (κ1) is 20.3. The molecule has 29 heavy (non-hydrogen) atoms. The maximum atomic E-state index is 12.4. The van der Waals surface area contributed by atoms with Crippen LogP contribution in [0.2, 0.25) is 0 Å². The molecule has 1 aromatic heterocycles. The van der Waals surface area contributed by atoms with Crippen molar-refractivity contribution in [3.8, 4) is 0 Å². The molecule has 0 saturated heterocycles. The zero-order valence-corrected chi connectivity index (χ0v) is 16.5. The van der Waals surface area contributed by atoms with Gasteiger partial charge in [0.15, 0.2) is 6.10 Å². The van der Waals surface area contributed by atoms with Crippen molar-refractivity contribution in [3.05, 3.63) is 82.3 Å². The van der Waals surface area contributed by atoms with Crippen molar-refractivity contribution in [2.24, 2.45) is 0 Å². The second-order valence-corrected chi connectivity index (χ2v) is 6.91. The number of rotatable bonds is 7. The van der Waals surface area contributed by atoms with Gasteiger partial charge in [-0.25, -0.2) is 4.79 Å². The average Bonchev–Trinajstić information content (AvgIpc) is 2.74. The normalized spacial score (nSPS) is 12.9. The van der Waals surface area contributed by atoms with Crippen LogP contribution in [0.15, 0.2) is 65.5 Å². The quantitative estimate of drug-likeness (QED) is 0.604. The van der Waals surface area contributed by atoms with Crippen molar-refractivity contribution in [2.45, 2.75) is 32.3 Å². The van der Waals surface area contributed by atoms with Crippen LogP contribution in [-0.2, 0) is 9.53 Å². The van der Waals surface area contributed by atoms with Crippen LogP contribution in [0.25, 0.3) is 10.8 Å². The molecule has 2 atom stereocenters.